The van der Waals surface area contributed by atoms with Gasteiger partial charge in [0.15, 0.2) is 5.78 Å². The lowest BCUT2D eigenvalue weighted by molar-refractivity contribution is 0.0997. The van der Waals surface area contributed by atoms with E-state index in [1.54, 1.807) is 22.2 Å². The van der Waals surface area contributed by atoms with Crippen molar-refractivity contribution < 1.29 is 4.79 Å². The fourth-order valence-corrected chi connectivity index (χ4v) is 3.83. The molecule has 100 valence electrons. The van der Waals surface area contributed by atoms with Gasteiger partial charge in [-0.3, -0.25) is 9.48 Å². The number of hydrogen-bond donors (Lipinski definition) is 0. The van der Waals surface area contributed by atoms with Crippen LogP contribution in [0.15, 0.2) is 18.5 Å². The monoisotopic (exact) mass is 274 g/mol. The van der Waals surface area contributed by atoms with Gasteiger partial charge in [-0.1, -0.05) is 6.42 Å². The van der Waals surface area contributed by atoms with Crippen molar-refractivity contribution in [1.29, 1.82) is 0 Å². The number of carbonyl (C=O) groups is 1. The lowest BCUT2D eigenvalue weighted by atomic mass is 10.1. The molecule has 19 heavy (non-hydrogen) atoms. The Kier molecular flexibility index (Phi) is 3.51. The van der Waals surface area contributed by atoms with Crippen LogP contribution in [0.3, 0.4) is 0 Å². The molecular formula is C15H18N2OS. The molecule has 0 N–H and O–H groups in total. The van der Waals surface area contributed by atoms with Gasteiger partial charge in [0.1, 0.15) is 0 Å². The Balaban J connectivity index is 1.76. The molecule has 0 aromatic carbocycles. The normalized spacial score (nSPS) is 15.0. The SMILES string of the molecule is Cn1cc(CC(=O)c2cc3c(s2)CCCCC3)cn1. The molecule has 0 radical (unpaired) electrons. The lowest BCUT2D eigenvalue weighted by Crippen LogP contribution is -2.00. The molecule has 2 aromatic rings. The van der Waals surface area contributed by atoms with Crippen molar-refractivity contribution in [3.8, 4) is 0 Å². The fraction of sp³-hybridized carbons (Fsp3) is 0.467. The highest BCUT2D eigenvalue weighted by molar-refractivity contribution is 7.14. The van der Waals surface area contributed by atoms with Crippen LogP contribution in [0, 0.1) is 0 Å². The maximum Gasteiger partial charge on any atom is 0.177 e. The van der Waals surface area contributed by atoms with Gasteiger partial charge in [0.2, 0.25) is 0 Å². The molecule has 0 aliphatic heterocycles. The van der Waals surface area contributed by atoms with Crippen molar-refractivity contribution in [2.45, 2.75) is 38.5 Å². The summed E-state index contributed by atoms with van der Waals surface area (Å²) in [6, 6.07) is 2.13. The lowest BCUT2D eigenvalue weighted by Gasteiger charge is -1.95. The highest BCUT2D eigenvalue weighted by atomic mass is 32.1. The zero-order chi connectivity index (χ0) is 13.2. The van der Waals surface area contributed by atoms with E-state index in [9.17, 15) is 4.79 Å². The first-order chi connectivity index (χ1) is 9.22. The number of aromatic nitrogens is 2. The molecule has 1 aliphatic carbocycles. The molecule has 2 aromatic heterocycles. The van der Waals surface area contributed by atoms with Crippen LogP contribution in [0.1, 0.15) is 44.9 Å². The van der Waals surface area contributed by atoms with E-state index in [0.29, 0.717) is 6.42 Å². The number of hydrogen-bond acceptors (Lipinski definition) is 3. The second-order valence-electron chi connectivity index (χ2n) is 5.24. The van der Waals surface area contributed by atoms with E-state index in [4.69, 9.17) is 0 Å². The van der Waals surface area contributed by atoms with Crippen LogP contribution in [0.2, 0.25) is 0 Å². The van der Waals surface area contributed by atoms with Crippen LogP contribution in [-0.4, -0.2) is 15.6 Å². The van der Waals surface area contributed by atoms with E-state index in [-0.39, 0.29) is 5.78 Å². The van der Waals surface area contributed by atoms with Crippen molar-refractivity contribution in [2.75, 3.05) is 0 Å². The first kappa shape index (κ1) is 12.6. The van der Waals surface area contributed by atoms with Crippen LogP contribution < -0.4 is 0 Å². The Bertz CT molecular complexity index is 574. The van der Waals surface area contributed by atoms with Gasteiger partial charge in [-0.15, -0.1) is 11.3 Å². The van der Waals surface area contributed by atoms with Crippen LogP contribution in [0.4, 0.5) is 0 Å². The highest BCUT2D eigenvalue weighted by Gasteiger charge is 2.17. The molecule has 0 unspecified atom stereocenters. The Morgan fingerprint density at radius 3 is 3.00 bits per heavy atom. The van der Waals surface area contributed by atoms with E-state index >= 15 is 0 Å². The molecule has 0 amide bonds. The van der Waals surface area contributed by atoms with Crippen molar-refractivity contribution in [2.24, 2.45) is 7.05 Å². The number of fused-ring (bicyclic) bond motifs is 1. The Morgan fingerprint density at radius 2 is 2.21 bits per heavy atom. The summed E-state index contributed by atoms with van der Waals surface area (Å²) in [5.41, 5.74) is 2.41. The average Bonchev–Trinajstić information content (AvgIpc) is 2.91. The smallest absolute Gasteiger partial charge is 0.177 e. The summed E-state index contributed by atoms with van der Waals surface area (Å²) in [6.45, 7) is 0. The quantitative estimate of drug-likeness (QED) is 0.636. The minimum absolute atomic E-state index is 0.228. The molecule has 3 nitrogen and oxygen atoms in total. The number of nitrogens with zero attached hydrogens (tertiary/aromatic N) is 2. The molecule has 4 heteroatoms. The summed E-state index contributed by atoms with van der Waals surface area (Å²) < 4.78 is 1.74. The number of Topliss-reactive ketones (excluding diaryl/α,β-unsaturated/α-hetero) is 1. The first-order valence-electron chi connectivity index (χ1n) is 6.84. The fourth-order valence-electron chi connectivity index (χ4n) is 2.64. The summed E-state index contributed by atoms with van der Waals surface area (Å²) in [4.78, 5) is 14.7. The topological polar surface area (TPSA) is 34.9 Å². The molecule has 0 saturated heterocycles. The molecule has 0 saturated carbocycles. The predicted octanol–water partition coefficient (Wildman–Crippen LogP) is 3.18. The predicted molar refractivity (Wildman–Crippen MR) is 76.8 cm³/mol. The third kappa shape index (κ3) is 2.78. The number of aryl methyl sites for hydroxylation is 3. The van der Waals surface area contributed by atoms with E-state index in [0.717, 1.165) is 23.3 Å². The molecule has 0 fully saturated rings. The summed E-state index contributed by atoms with van der Waals surface area (Å²) in [5.74, 6) is 0.228. The van der Waals surface area contributed by atoms with Gasteiger partial charge in [-0.05, 0) is 42.9 Å². The van der Waals surface area contributed by atoms with Crippen molar-refractivity contribution in [3.63, 3.8) is 0 Å². The van der Waals surface area contributed by atoms with Crippen LogP contribution >= 0.6 is 11.3 Å². The molecule has 0 bridgehead atoms. The number of thiophene rings is 1. The largest absolute Gasteiger partial charge is 0.293 e. The second-order valence-corrected chi connectivity index (χ2v) is 6.38. The Hall–Kier alpha value is -1.42. The maximum absolute atomic E-state index is 12.3. The van der Waals surface area contributed by atoms with Gasteiger partial charge in [0.05, 0.1) is 11.1 Å². The van der Waals surface area contributed by atoms with Crippen LogP contribution in [-0.2, 0) is 26.3 Å². The summed E-state index contributed by atoms with van der Waals surface area (Å²) >= 11 is 1.71. The zero-order valence-corrected chi connectivity index (χ0v) is 12.0. The van der Waals surface area contributed by atoms with Gasteiger partial charge in [-0.2, -0.15) is 5.10 Å². The molecule has 0 spiro atoms. The summed E-state index contributed by atoms with van der Waals surface area (Å²) in [7, 11) is 1.88. The van der Waals surface area contributed by atoms with E-state index in [1.165, 1.54) is 29.7 Å². The molecule has 3 rings (SSSR count). The molecule has 2 heterocycles. The summed E-state index contributed by atoms with van der Waals surface area (Å²) in [5, 5.41) is 4.11. The number of ketones is 1. The molecular weight excluding hydrogens is 256 g/mol. The summed E-state index contributed by atoms with van der Waals surface area (Å²) in [6.07, 6.45) is 10.3. The van der Waals surface area contributed by atoms with Gasteiger partial charge in [0.25, 0.3) is 0 Å². The van der Waals surface area contributed by atoms with Crippen LogP contribution in [0.5, 0.6) is 0 Å². The Labute approximate surface area is 117 Å². The number of rotatable bonds is 3. The third-order valence-corrected chi connectivity index (χ3v) is 4.92. The maximum atomic E-state index is 12.3. The van der Waals surface area contributed by atoms with E-state index in [1.807, 2.05) is 13.2 Å². The van der Waals surface area contributed by atoms with Crippen molar-refractivity contribution in [1.82, 2.24) is 9.78 Å². The van der Waals surface area contributed by atoms with Gasteiger partial charge in [-0.25, -0.2) is 0 Å². The van der Waals surface area contributed by atoms with Crippen molar-refractivity contribution >= 4 is 17.1 Å². The van der Waals surface area contributed by atoms with Crippen molar-refractivity contribution in [3.05, 3.63) is 39.3 Å². The first-order valence-corrected chi connectivity index (χ1v) is 7.66. The van der Waals surface area contributed by atoms with Gasteiger partial charge >= 0.3 is 0 Å². The third-order valence-electron chi connectivity index (χ3n) is 3.64. The minimum atomic E-state index is 0.228. The highest BCUT2D eigenvalue weighted by Crippen LogP contribution is 2.29. The van der Waals surface area contributed by atoms with Gasteiger partial charge in [0, 0.05) is 24.5 Å². The molecule has 0 atom stereocenters. The van der Waals surface area contributed by atoms with Gasteiger partial charge < -0.3 is 0 Å². The number of carbonyl (C=O) groups excluding carboxylic acids is 1. The second kappa shape index (κ2) is 5.29. The Morgan fingerprint density at radius 1 is 1.37 bits per heavy atom. The zero-order valence-electron chi connectivity index (χ0n) is 11.2. The average molecular weight is 274 g/mol. The van der Waals surface area contributed by atoms with Crippen LogP contribution in [0.25, 0.3) is 0 Å². The minimum Gasteiger partial charge on any atom is -0.293 e. The standard InChI is InChI=1S/C15H18N2OS/c1-17-10-11(9-16-17)7-13(18)15-8-12-5-3-2-4-6-14(12)19-15/h8-10H,2-7H2,1H3. The molecule has 1 aliphatic rings. The van der Waals surface area contributed by atoms with E-state index < -0.39 is 0 Å². The van der Waals surface area contributed by atoms with E-state index in [2.05, 4.69) is 11.2 Å².